The molecule has 446 valence electrons. The molecule has 0 aliphatic carbocycles. The average molecular weight is 1150 g/mol. The predicted octanol–water partition coefficient (Wildman–Crippen LogP) is 3.64. The molecule has 4 aliphatic rings. The second-order valence-corrected chi connectivity index (χ2v) is 20.5. The molecule has 3 aromatic rings. The maximum atomic E-state index is 14.7. The van der Waals surface area contributed by atoms with Crippen molar-refractivity contribution in [2.75, 3.05) is 60.4 Å². The number of aryl methyl sites for hydroxylation is 1. The smallest absolute Gasteiger partial charge is 0.416 e. The van der Waals surface area contributed by atoms with Crippen LogP contribution in [0, 0.1) is 5.92 Å². The van der Waals surface area contributed by atoms with Crippen molar-refractivity contribution in [2.45, 2.75) is 133 Å². The van der Waals surface area contributed by atoms with Crippen LogP contribution >= 0.6 is 0 Å². The molecule has 3 fully saturated rings. The van der Waals surface area contributed by atoms with Gasteiger partial charge in [0.1, 0.15) is 55.4 Å². The zero-order chi connectivity index (χ0) is 59.2. The first kappa shape index (κ1) is 62.0. The lowest BCUT2D eigenvalue weighted by molar-refractivity contribution is -0.277. The fourth-order valence-corrected chi connectivity index (χ4v) is 9.70. The Kier molecular flexibility index (Phi) is 21.9. The van der Waals surface area contributed by atoms with Gasteiger partial charge < -0.3 is 89.6 Å². The maximum Gasteiger partial charge on any atom is 0.416 e. The number of rotatable bonds is 23. The maximum absolute atomic E-state index is 14.7. The molecule has 26 heteroatoms. The van der Waals surface area contributed by atoms with E-state index in [1.54, 1.807) is 56.3 Å². The van der Waals surface area contributed by atoms with E-state index in [4.69, 9.17) is 33.2 Å². The van der Waals surface area contributed by atoms with Crippen LogP contribution in [0.5, 0.6) is 11.5 Å². The molecule has 7 rings (SSSR count). The average Bonchev–Trinajstić information content (AvgIpc) is 4.02. The molecule has 0 spiro atoms. The fraction of sp³-hybridized carbons (Fsp3) is 0.518. The molecule has 1 aromatic heterocycles. The van der Waals surface area contributed by atoms with E-state index in [2.05, 4.69) is 39.7 Å². The zero-order valence-corrected chi connectivity index (χ0v) is 46.3. The number of benzene rings is 2. The Morgan fingerprint density at radius 3 is 2.21 bits per heavy atom. The minimum absolute atomic E-state index is 0.0272. The summed E-state index contributed by atoms with van der Waals surface area (Å²) in [6, 6.07) is 7.79. The van der Waals surface area contributed by atoms with Crippen molar-refractivity contribution in [3.05, 3.63) is 85.2 Å². The van der Waals surface area contributed by atoms with Gasteiger partial charge in [-0.15, -0.1) is 0 Å². The Morgan fingerprint density at radius 1 is 0.817 bits per heavy atom. The van der Waals surface area contributed by atoms with Gasteiger partial charge in [0.15, 0.2) is 24.0 Å². The number of carbonyl (C=O) groups is 7. The second-order valence-electron chi connectivity index (χ2n) is 20.5. The van der Waals surface area contributed by atoms with Gasteiger partial charge >= 0.3 is 12.2 Å². The standard InChI is InChI=1S/C56H74N8O18/c1-7-22-78-55(74)61-45(31(3)4)51(72)57-32(5)49(70)59-33-17-19-34(20-18-33)60-50(71)39-26-35(29-62(39)6)58-43(66)15-13-25-76-40-28-38-36(27-41(40)80-54-48(69)47(68)46(67)42(30-65)81-54)52(73)63-21-11-9-14-37(63)53(64(38)56(75)79-23-8-2)82-44-16-10-12-24-77-44/h7-8,17-20,26-29,31-32,37,42,44-48,53-54,65,67-69H,1-2,9-16,21-25,30H2,3-6H3,(H,57,72)(H,58,66)(H,59,70)(H,60,71)(H,61,74)/t32-,37-,42+,44?,45-,46+,47-,48+,53?,54+/m0/s1. The summed E-state index contributed by atoms with van der Waals surface area (Å²) in [7, 11) is 1.62. The Morgan fingerprint density at radius 2 is 1.52 bits per heavy atom. The number of amides is 7. The number of aromatic nitrogens is 1. The number of aliphatic hydroxyl groups is 4. The molecule has 9 N–H and O–H groups in total. The van der Waals surface area contributed by atoms with Crippen molar-refractivity contribution in [3.8, 4) is 11.5 Å². The fourth-order valence-electron chi connectivity index (χ4n) is 9.70. The number of ether oxygens (including phenoxy) is 7. The molecule has 4 aliphatic heterocycles. The highest BCUT2D eigenvalue weighted by Gasteiger charge is 2.48. The van der Waals surface area contributed by atoms with E-state index in [0.29, 0.717) is 49.5 Å². The van der Waals surface area contributed by atoms with Gasteiger partial charge in [0.05, 0.1) is 36.2 Å². The third-order valence-corrected chi connectivity index (χ3v) is 14.0. The first-order valence-corrected chi connectivity index (χ1v) is 27.3. The molecule has 0 bridgehead atoms. The number of hydrogen-bond acceptors (Lipinski definition) is 18. The van der Waals surface area contributed by atoms with Crippen LogP contribution in [-0.4, -0.2) is 173 Å². The van der Waals surface area contributed by atoms with Crippen LogP contribution < -0.4 is 41.0 Å². The van der Waals surface area contributed by atoms with Crippen molar-refractivity contribution in [3.63, 3.8) is 0 Å². The van der Waals surface area contributed by atoms with Crippen LogP contribution in [0.2, 0.25) is 0 Å². The van der Waals surface area contributed by atoms with Gasteiger partial charge in [0.25, 0.3) is 11.8 Å². The lowest BCUT2D eigenvalue weighted by Crippen LogP contribution is -2.60. The van der Waals surface area contributed by atoms with E-state index in [0.717, 1.165) is 19.3 Å². The van der Waals surface area contributed by atoms with Gasteiger partial charge in [0, 0.05) is 50.3 Å². The highest BCUT2D eigenvalue weighted by Crippen LogP contribution is 2.43. The summed E-state index contributed by atoms with van der Waals surface area (Å²) < 4.78 is 42.7. The van der Waals surface area contributed by atoms with E-state index >= 15 is 0 Å². The topological polar surface area (TPSA) is 337 Å². The molecule has 2 aromatic carbocycles. The van der Waals surface area contributed by atoms with Gasteiger partial charge in [-0.1, -0.05) is 39.2 Å². The number of aliphatic hydroxyl groups excluding tert-OH is 4. The Labute approximate surface area is 474 Å². The largest absolute Gasteiger partial charge is 0.490 e. The third kappa shape index (κ3) is 15.5. The highest BCUT2D eigenvalue weighted by atomic mass is 16.7. The van der Waals surface area contributed by atoms with Gasteiger partial charge in [0.2, 0.25) is 24.0 Å². The number of alkyl carbamates (subject to hydrolysis) is 1. The molecule has 0 radical (unpaired) electrons. The van der Waals surface area contributed by atoms with Crippen LogP contribution in [0.15, 0.2) is 74.0 Å². The monoisotopic (exact) mass is 1150 g/mol. The molecule has 7 amide bonds. The van der Waals surface area contributed by atoms with Gasteiger partial charge in [-0.3, -0.25) is 24.0 Å². The summed E-state index contributed by atoms with van der Waals surface area (Å²) in [4.78, 5) is 96.8. The number of piperidine rings is 1. The minimum atomic E-state index is -1.84. The minimum Gasteiger partial charge on any atom is -0.490 e. The lowest BCUT2D eigenvalue weighted by atomic mass is 9.99. The number of hydrogen-bond donors (Lipinski definition) is 9. The molecule has 10 atom stereocenters. The molecule has 0 saturated carbocycles. The molecular formula is C56H74N8O18. The van der Waals surface area contributed by atoms with Crippen molar-refractivity contribution >= 4 is 64.5 Å². The van der Waals surface area contributed by atoms with Crippen LogP contribution in [0.25, 0.3) is 0 Å². The number of nitrogens with one attached hydrogen (secondary N) is 5. The van der Waals surface area contributed by atoms with Crippen LogP contribution in [0.1, 0.15) is 93.0 Å². The van der Waals surface area contributed by atoms with Crippen molar-refractivity contribution in [1.82, 2.24) is 20.1 Å². The van der Waals surface area contributed by atoms with Crippen LogP contribution in [0.4, 0.5) is 32.3 Å². The summed E-state index contributed by atoms with van der Waals surface area (Å²) >= 11 is 0. The van der Waals surface area contributed by atoms with E-state index in [1.165, 1.54) is 46.7 Å². The second kappa shape index (κ2) is 28.9. The molecule has 82 heavy (non-hydrogen) atoms. The number of nitrogens with zero attached hydrogens (tertiary/aromatic N) is 3. The number of fused-ring (bicyclic) bond motifs is 2. The summed E-state index contributed by atoms with van der Waals surface area (Å²) in [5, 5.41) is 55.5. The van der Waals surface area contributed by atoms with Crippen molar-refractivity contribution in [1.29, 1.82) is 0 Å². The summed E-state index contributed by atoms with van der Waals surface area (Å²) in [5.41, 5.74) is 1.24. The van der Waals surface area contributed by atoms with Gasteiger partial charge in [-0.25, -0.2) is 14.5 Å². The Balaban J connectivity index is 1.01. The summed E-state index contributed by atoms with van der Waals surface area (Å²) in [5.74, 6) is -3.17. The lowest BCUT2D eigenvalue weighted by Gasteiger charge is -2.42. The van der Waals surface area contributed by atoms with E-state index in [1.807, 2.05) is 0 Å². The number of anilines is 4. The first-order chi connectivity index (χ1) is 39.3. The van der Waals surface area contributed by atoms with Crippen LogP contribution in [0.3, 0.4) is 0 Å². The molecule has 5 heterocycles. The summed E-state index contributed by atoms with van der Waals surface area (Å²) in [6.45, 7) is 11.7. The van der Waals surface area contributed by atoms with Gasteiger partial charge in [-0.2, -0.15) is 0 Å². The van der Waals surface area contributed by atoms with Crippen molar-refractivity contribution in [2.24, 2.45) is 13.0 Å². The SMILES string of the molecule is C=CCOC(=O)N[C@H](C(=O)N[C@@H](C)C(=O)Nc1ccc(NC(=O)c2cc(NC(=O)CCCOc3cc4c(cc3O[C@@H]3O[C@H](CO)[C@@H](O)[C@H](O)[C@H]3O)C(=O)N3CCCC[C@H]3C(OC3CCCCO3)N4C(=O)OCC=C)cn2C)cc1)C(C)C. The van der Waals surface area contributed by atoms with Gasteiger partial charge in [-0.05, 0) is 94.2 Å². The molecule has 26 nitrogen and oxygen atoms in total. The van der Waals surface area contributed by atoms with Crippen molar-refractivity contribution < 1.29 is 87.1 Å². The molecular weight excluding hydrogens is 1070 g/mol. The van der Waals surface area contributed by atoms with E-state index < -0.39 is 110 Å². The van der Waals surface area contributed by atoms with Crippen LogP contribution in [-0.2, 0) is 45.1 Å². The Hall–Kier alpha value is -7.59. The zero-order valence-electron chi connectivity index (χ0n) is 46.3. The first-order valence-electron chi connectivity index (χ1n) is 27.3. The Bertz CT molecular complexity index is 2770. The van der Waals surface area contributed by atoms with E-state index in [9.17, 15) is 54.0 Å². The third-order valence-electron chi connectivity index (χ3n) is 14.0. The van der Waals surface area contributed by atoms with E-state index in [-0.39, 0.29) is 67.0 Å². The molecule has 2 unspecified atom stereocenters. The quantitative estimate of drug-likeness (QED) is 0.0483. The summed E-state index contributed by atoms with van der Waals surface area (Å²) in [6.07, 6.45) is -3.47. The predicted molar refractivity (Wildman–Crippen MR) is 295 cm³/mol. The number of carbonyl (C=O) groups excluding carboxylic acids is 7. The highest BCUT2D eigenvalue weighted by molar-refractivity contribution is 6.07. The normalized spacial score (nSPS) is 23.1. The molecule has 3 saturated heterocycles.